The molecule has 3 rings (SSSR count). The molecule has 0 bridgehead atoms. The minimum atomic E-state index is -0.462. The molecule has 0 fully saturated rings. The van der Waals surface area contributed by atoms with Gasteiger partial charge >= 0.3 is 0 Å². The summed E-state index contributed by atoms with van der Waals surface area (Å²) in [5.74, 6) is -0.462. The van der Waals surface area contributed by atoms with Crippen LogP contribution in [0.15, 0.2) is 60.3 Å². The van der Waals surface area contributed by atoms with Crippen LogP contribution in [0.1, 0.15) is 25.5 Å². The Kier molecular flexibility index (Phi) is 5.11. The number of halogens is 1. The molecule has 0 saturated heterocycles. The quantitative estimate of drug-likeness (QED) is 0.497. The third kappa shape index (κ3) is 3.63. The number of para-hydroxylation sites is 1. The lowest BCUT2D eigenvalue weighted by atomic mass is 10.1. The SMILES string of the molecule is CC(C)n1cc(C=C(C#N)C(=O)Nc2cccc(Cl)c2)c2ccccc21. The van der Waals surface area contributed by atoms with E-state index in [0.29, 0.717) is 10.7 Å². The van der Waals surface area contributed by atoms with E-state index in [4.69, 9.17) is 11.6 Å². The van der Waals surface area contributed by atoms with E-state index in [9.17, 15) is 10.1 Å². The molecule has 130 valence electrons. The van der Waals surface area contributed by atoms with Gasteiger partial charge in [-0.2, -0.15) is 5.26 Å². The maximum absolute atomic E-state index is 12.5. The zero-order chi connectivity index (χ0) is 18.7. The first-order valence-corrected chi connectivity index (χ1v) is 8.65. The highest BCUT2D eigenvalue weighted by Crippen LogP contribution is 2.26. The second-order valence-corrected chi connectivity index (χ2v) is 6.67. The molecule has 0 aliphatic carbocycles. The Morgan fingerprint density at radius 2 is 2.00 bits per heavy atom. The average molecular weight is 364 g/mol. The number of hydrogen-bond acceptors (Lipinski definition) is 2. The second-order valence-electron chi connectivity index (χ2n) is 6.24. The molecule has 1 amide bonds. The van der Waals surface area contributed by atoms with Gasteiger partial charge in [0, 0.05) is 39.4 Å². The summed E-state index contributed by atoms with van der Waals surface area (Å²) in [4.78, 5) is 12.5. The monoisotopic (exact) mass is 363 g/mol. The van der Waals surface area contributed by atoms with Crippen molar-refractivity contribution in [1.29, 1.82) is 5.26 Å². The molecular weight excluding hydrogens is 346 g/mol. The number of rotatable bonds is 4. The number of hydrogen-bond donors (Lipinski definition) is 1. The van der Waals surface area contributed by atoms with Crippen LogP contribution in [0.25, 0.3) is 17.0 Å². The smallest absolute Gasteiger partial charge is 0.266 e. The molecule has 5 heteroatoms. The summed E-state index contributed by atoms with van der Waals surface area (Å²) in [6, 6.07) is 17.0. The van der Waals surface area contributed by atoms with Crippen molar-refractivity contribution in [2.24, 2.45) is 0 Å². The van der Waals surface area contributed by atoms with E-state index in [1.165, 1.54) is 0 Å². The standard InChI is InChI=1S/C21H18ClN3O/c1-14(2)25-13-16(19-8-3-4-9-20(19)25)10-15(12-23)21(26)24-18-7-5-6-17(22)11-18/h3-11,13-14H,1-2H3,(H,24,26). The molecule has 0 unspecified atom stereocenters. The predicted molar refractivity (Wildman–Crippen MR) is 106 cm³/mol. The van der Waals surface area contributed by atoms with E-state index in [2.05, 4.69) is 23.7 Å². The van der Waals surface area contributed by atoms with Gasteiger partial charge in [0.1, 0.15) is 11.6 Å². The highest BCUT2D eigenvalue weighted by Gasteiger charge is 2.13. The Morgan fingerprint density at radius 3 is 2.69 bits per heavy atom. The fraction of sp³-hybridized carbons (Fsp3) is 0.143. The van der Waals surface area contributed by atoms with Gasteiger partial charge in [-0.25, -0.2) is 0 Å². The highest BCUT2D eigenvalue weighted by atomic mass is 35.5. The van der Waals surface area contributed by atoms with Crippen LogP contribution in [0.5, 0.6) is 0 Å². The van der Waals surface area contributed by atoms with Gasteiger partial charge in [0.2, 0.25) is 0 Å². The number of carbonyl (C=O) groups is 1. The van der Waals surface area contributed by atoms with E-state index < -0.39 is 5.91 Å². The summed E-state index contributed by atoms with van der Waals surface area (Å²) in [5.41, 5.74) is 2.50. The van der Waals surface area contributed by atoms with Gasteiger partial charge in [-0.15, -0.1) is 0 Å². The number of aromatic nitrogens is 1. The highest BCUT2D eigenvalue weighted by molar-refractivity contribution is 6.31. The van der Waals surface area contributed by atoms with Crippen molar-refractivity contribution in [3.63, 3.8) is 0 Å². The second kappa shape index (κ2) is 7.47. The summed E-state index contributed by atoms with van der Waals surface area (Å²) < 4.78 is 2.13. The Hall–Kier alpha value is -3.03. The van der Waals surface area contributed by atoms with Crippen molar-refractivity contribution in [2.45, 2.75) is 19.9 Å². The van der Waals surface area contributed by atoms with Gasteiger partial charge in [-0.3, -0.25) is 4.79 Å². The number of nitriles is 1. The zero-order valence-corrected chi connectivity index (χ0v) is 15.3. The number of carbonyl (C=O) groups excluding carboxylic acids is 1. The van der Waals surface area contributed by atoms with E-state index in [1.807, 2.05) is 36.5 Å². The van der Waals surface area contributed by atoms with Crippen LogP contribution < -0.4 is 5.32 Å². The Labute approximate surface area is 157 Å². The first-order valence-electron chi connectivity index (χ1n) is 8.28. The summed E-state index contributed by atoms with van der Waals surface area (Å²) in [6.07, 6.45) is 3.60. The third-order valence-electron chi connectivity index (χ3n) is 4.08. The van der Waals surface area contributed by atoms with Gasteiger partial charge in [0.15, 0.2) is 0 Å². The van der Waals surface area contributed by atoms with Crippen molar-refractivity contribution in [1.82, 2.24) is 4.57 Å². The normalized spacial score (nSPS) is 11.6. The van der Waals surface area contributed by atoms with Crippen LogP contribution in [-0.2, 0) is 4.79 Å². The number of nitrogens with one attached hydrogen (secondary N) is 1. The minimum absolute atomic E-state index is 0.0386. The maximum Gasteiger partial charge on any atom is 0.266 e. The first-order chi connectivity index (χ1) is 12.5. The number of fused-ring (bicyclic) bond motifs is 1. The Balaban J connectivity index is 1.98. The molecule has 0 atom stereocenters. The van der Waals surface area contributed by atoms with Crippen LogP contribution in [-0.4, -0.2) is 10.5 Å². The van der Waals surface area contributed by atoms with Crippen molar-refractivity contribution in [3.8, 4) is 6.07 Å². The fourth-order valence-electron chi connectivity index (χ4n) is 2.84. The largest absolute Gasteiger partial charge is 0.344 e. The summed E-state index contributed by atoms with van der Waals surface area (Å²) in [6.45, 7) is 4.19. The van der Waals surface area contributed by atoms with E-state index in [-0.39, 0.29) is 11.6 Å². The Bertz CT molecular complexity index is 1040. The zero-order valence-electron chi connectivity index (χ0n) is 14.5. The van der Waals surface area contributed by atoms with Gasteiger partial charge < -0.3 is 9.88 Å². The number of anilines is 1. The molecule has 0 spiro atoms. The van der Waals surface area contributed by atoms with Crippen LogP contribution in [0.3, 0.4) is 0 Å². The molecule has 3 aromatic rings. The predicted octanol–water partition coefficient (Wildman–Crippen LogP) is 5.42. The van der Waals surface area contributed by atoms with Crippen molar-refractivity contribution in [2.75, 3.05) is 5.32 Å². The maximum atomic E-state index is 12.5. The summed E-state index contributed by atoms with van der Waals surface area (Å²) in [7, 11) is 0. The average Bonchev–Trinajstić information content (AvgIpc) is 2.98. The fourth-order valence-corrected chi connectivity index (χ4v) is 3.03. The lowest BCUT2D eigenvalue weighted by Gasteiger charge is -2.08. The summed E-state index contributed by atoms with van der Waals surface area (Å²) >= 11 is 5.94. The molecular formula is C21H18ClN3O. The third-order valence-corrected chi connectivity index (χ3v) is 4.31. The molecule has 4 nitrogen and oxygen atoms in total. The molecule has 1 heterocycles. The molecule has 0 radical (unpaired) electrons. The van der Waals surface area contributed by atoms with Crippen LogP contribution in [0, 0.1) is 11.3 Å². The van der Waals surface area contributed by atoms with Gasteiger partial charge in [-0.05, 0) is 44.2 Å². The van der Waals surface area contributed by atoms with Gasteiger partial charge in [-0.1, -0.05) is 35.9 Å². The lowest BCUT2D eigenvalue weighted by Crippen LogP contribution is -2.13. The van der Waals surface area contributed by atoms with E-state index >= 15 is 0 Å². The van der Waals surface area contributed by atoms with E-state index in [0.717, 1.165) is 16.5 Å². The number of amides is 1. The van der Waals surface area contributed by atoms with Crippen LogP contribution in [0.2, 0.25) is 5.02 Å². The summed E-state index contributed by atoms with van der Waals surface area (Å²) in [5, 5.41) is 13.7. The van der Waals surface area contributed by atoms with Crippen molar-refractivity contribution < 1.29 is 4.79 Å². The topological polar surface area (TPSA) is 57.8 Å². The van der Waals surface area contributed by atoms with Crippen LogP contribution in [0.4, 0.5) is 5.69 Å². The first kappa shape index (κ1) is 17.8. The Morgan fingerprint density at radius 1 is 1.23 bits per heavy atom. The van der Waals surface area contributed by atoms with E-state index in [1.54, 1.807) is 30.3 Å². The molecule has 2 aromatic carbocycles. The molecule has 0 aliphatic rings. The lowest BCUT2D eigenvalue weighted by molar-refractivity contribution is -0.112. The van der Waals surface area contributed by atoms with Gasteiger partial charge in [0.25, 0.3) is 5.91 Å². The van der Waals surface area contributed by atoms with Crippen molar-refractivity contribution >= 4 is 40.2 Å². The number of nitrogens with zero attached hydrogens (tertiary/aromatic N) is 2. The van der Waals surface area contributed by atoms with Gasteiger partial charge in [0.05, 0.1) is 0 Å². The molecule has 26 heavy (non-hydrogen) atoms. The molecule has 1 N–H and O–H groups in total. The minimum Gasteiger partial charge on any atom is -0.344 e. The number of benzene rings is 2. The molecule has 0 aliphatic heterocycles. The van der Waals surface area contributed by atoms with Crippen molar-refractivity contribution in [3.05, 3.63) is 70.9 Å². The van der Waals surface area contributed by atoms with Crippen LogP contribution >= 0.6 is 11.6 Å². The molecule has 0 saturated carbocycles. The molecule has 1 aromatic heterocycles.